The van der Waals surface area contributed by atoms with E-state index < -0.39 is 22.0 Å². The number of benzene rings is 3. The van der Waals surface area contributed by atoms with Crippen molar-refractivity contribution in [2.24, 2.45) is 0 Å². The minimum atomic E-state index is -3.84. The first kappa shape index (κ1) is 21.2. The van der Waals surface area contributed by atoms with E-state index in [0.717, 1.165) is 27.2 Å². The van der Waals surface area contributed by atoms with Crippen LogP contribution in [-0.2, 0) is 19.6 Å². The molecule has 0 radical (unpaired) electrons. The van der Waals surface area contributed by atoms with Gasteiger partial charge in [-0.25, -0.2) is 13.4 Å². The second kappa shape index (κ2) is 8.58. The molecule has 0 bridgehead atoms. The van der Waals surface area contributed by atoms with Crippen molar-refractivity contribution in [2.75, 3.05) is 7.11 Å². The maximum absolute atomic E-state index is 12.5. The molecule has 0 unspecified atom stereocenters. The number of ether oxygens (including phenoxy) is 1. The molecule has 0 saturated carbocycles. The molecule has 0 fully saturated rings. The molecule has 0 spiro atoms. The molecule has 4 aromatic rings. The van der Waals surface area contributed by atoms with Gasteiger partial charge in [0.25, 0.3) is 0 Å². The van der Waals surface area contributed by atoms with Gasteiger partial charge in [0.1, 0.15) is 11.0 Å². The number of carbonyl (C=O) groups excluding carboxylic acids is 1. The number of methoxy groups -OCH3 is 1. The van der Waals surface area contributed by atoms with Crippen LogP contribution in [0.4, 0.5) is 0 Å². The minimum absolute atomic E-state index is 0.0667. The Morgan fingerprint density at radius 1 is 1.00 bits per heavy atom. The zero-order valence-corrected chi connectivity index (χ0v) is 18.5. The summed E-state index contributed by atoms with van der Waals surface area (Å²) in [6.07, 6.45) is 0. The van der Waals surface area contributed by atoms with Crippen molar-refractivity contribution < 1.29 is 17.9 Å². The van der Waals surface area contributed by atoms with Gasteiger partial charge in [-0.1, -0.05) is 48.5 Å². The van der Waals surface area contributed by atoms with Gasteiger partial charge in [0.15, 0.2) is 0 Å². The first-order valence-electron chi connectivity index (χ1n) is 9.53. The summed E-state index contributed by atoms with van der Waals surface area (Å²) in [6.45, 7) is 1.43. The van der Waals surface area contributed by atoms with E-state index in [1.807, 2.05) is 17.5 Å². The number of sulfonamides is 1. The maximum Gasteiger partial charge on any atom is 0.323 e. The van der Waals surface area contributed by atoms with Crippen molar-refractivity contribution in [1.29, 1.82) is 0 Å². The minimum Gasteiger partial charge on any atom is -0.468 e. The van der Waals surface area contributed by atoms with Gasteiger partial charge in [0, 0.05) is 16.5 Å². The summed E-state index contributed by atoms with van der Waals surface area (Å²) in [4.78, 5) is 16.3. The van der Waals surface area contributed by atoms with Crippen LogP contribution in [0.3, 0.4) is 0 Å². The molecule has 0 saturated heterocycles. The van der Waals surface area contributed by atoms with Crippen LogP contribution in [0, 0.1) is 0 Å². The Labute approximate surface area is 184 Å². The van der Waals surface area contributed by atoms with Crippen LogP contribution in [0.25, 0.3) is 32.6 Å². The first-order valence-corrected chi connectivity index (χ1v) is 11.9. The summed E-state index contributed by atoms with van der Waals surface area (Å²) in [6, 6.07) is 19.8. The van der Waals surface area contributed by atoms with Gasteiger partial charge in [0.2, 0.25) is 10.0 Å². The Morgan fingerprint density at radius 3 is 2.39 bits per heavy atom. The van der Waals surface area contributed by atoms with Crippen LogP contribution < -0.4 is 4.72 Å². The number of nitrogens with zero attached hydrogens (tertiary/aromatic N) is 1. The molecule has 1 N–H and O–H groups in total. The molecule has 8 heteroatoms. The predicted octanol–water partition coefficient (Wildman–Crippen LogP) is 4.47. The van der Waals surface area contributed by atoms with E-state index in [9.17, 15) is 13.2 Å². The van der Waals surface area contributed by atoms with Gasteiger partial charge in [-0.15, -0.1) is 11.3 Å². The summed E-state index contributed by atoms with van der Waals surface area (Å²) in [5, 5.41) is 5.17. The standard InChI is InChI=1S/C23H20N2O4S2/c1-15(23(26)29-2)25-31(27,28)20-11-9-17(10-12-20)21-14-30-22(24-21)19-8-7-16-5-3-4-6-18(16)13-19/h3-15,25H,1-2H3/t15-/m1/s1. The lowest BCUT2D eigenvalue weighted by molar-refractivity contribution is -0.142. The van der Waals surface area contributed by atoms with Crippen molar-refractivity contribution in [3.63, 3.8) is 0 Å². The van der Waals surface area contributed by atoms with E-state index in [1.165, 1.54) is 42.9 Å². The molecule has 31 heavy (non-hydrogen) atoms. The molecule has 0 amide bonds. The molecule has 0 aliphatic rings. The summed E-state index contributed by atoms with van der Waals surface area (Å²) in [7, 11) is -2.63. The normalized spacial score (nSPS) is 12.6. The quantitative estimate of drug-likeness (QED) is 0.436. The van der Waals surface area contributed by atoms with Gasteiger partial charge in [-0.3, -0.25) is 4.79 Å². The number of thiazole rings is 1. The molecule has 6 nitrogen and oxygen atoms in total. The van der Waals surface area contributed by atoms with Crippen molar-refractivity contribution in [3.8, 4) is 21.8 Å². The molecule has 1 aromatic heterocycles. The van der Waals surface area contributed by atoms with Gasteiger partial charge < -0.3 is 4.74 Å². The molecule has 3 aromatic carbocycles. The Hall–Kier alpha value is -3.07. The Morgan fingerprint density at radius 2 is 1.68 bits per heavy atom. The number of rotatable bonds is 6. The fraction of sp³-hybridized carbons (Fsp3) is 0.130. The van der Waals surface area contributed by atoms with Crippen molar-refractivity contribution >= 4 is 38.1 Å². The predicted molar refractivity (Wildman–Crippen MR) is 122 cm³/mol. The third-order valence-electron chi connectivity index (χ3n) is 4.85. The van der Waals surface area contributed by atoms with Crippen molar-refractivity contribution in [1.82, 2.24) is 9.71 Å². The van der Waals surface area contributed by atoms with Gasteiger partial charge >= 0.3 is 5.97 Å². The van der Waals surface area contributed by atoms with Gasteiger partial charge in [0.05, 0.1) is 17.7 Å². The zero-order valence-electron chi connectivity index (χ0n) is 16.9. The fourth-order valence-electron chi connectivity index (χ4n) is 3.19. The summed E-state index contributed by atoms with van der Waals surface area (Å²) >= 11 is 1.54. The molecule has 0 aliphatic heterocycles. The first-order chi connectivity index (χ1) is 14.9. The molecular weight excluding hydrogens is 432 g/mol. The molecular formula is C23H20N2O4S2. The largest absolute Gasteiger partial charge is 0.468 e. The summed E-state index contributed by atoms with van der Waals surface area (Å²) < 4.78 is 31.8. The van der Waals surface area contributed by atoms with E-state index >= 15 is 0 Å². The van der Waals surface area contributed by atoms with Crippen molar-refractivity contribution in [2.45, 2.75) is 17.9 Å². The second-order valence-corrected chi connectivity index (χ2v) is 9.56. The van der Waals surface area contributed by atoms with Crippen LogP contribution in [0.15, 0.2) is 77.0 Å². The zero-order chi connectivity index (χ0) is 22.0. The van der Waals surface area contributed by atoms with Gasteiger partial charge in [-0.05, 0) is 35.9 Å². The smallest absolute Gasteiger partial charge is 0.323 e. The van der Waals surface area contributed by atoms with E-state index in [4.69, 9.17) is 4.98 Å². The summed E-state index contributed by atoms with van der Waals surface area (Å²) in [5.41, 5.74) is 2.62. The number of esters is 1. The lowest BCUT2D eigenvalue weighted by atomic mass is 10.1. The highest BCUT2D eigenvalue weighted by Crippen LogP contribution is 2.31. The number of hydrogen-bond donors (Lipinski definition) is 1. The highest BCUT2D eigenvalue weighted by Gasteiger charge is 2.22. The van der Waals surface area contributed by atoms with E-state index in [1.54, 1.807) is 12.1 Å². The monoisotopic (exact) mass is 452 g/mol. The highest BCUT2D eigenvalue weighted by atomic mass is 32.2. The molecule has 1 heterocycles. The maximum atomic E-state index is 12.5. The molecule has 1 atom stereocenters. The van der Waals surface area contributed by atoms with E-state index in [2.05, 4.69) is 39.8 Å². The SMILES string of the molecule is COC(=O)[C@@H](C)NS(=O)(=O)c1ccc(-c2csc(-c3ccc4ccccc4c3)n2)cc1. The van der Waals surface area contributed by atoms with E-state index in [0.29, 0.717) is 0 Å². The second-order valence-electron chi connectivity index (χ2n) is 6.99. The third-order valence-corrected chi connectivity index (χ3v) is 7.30. The molecule has 4 rings (SSSR count). The highest BCUT2D eigenvalue weighted by molar-refractivity contribution is 7.89. The Kier molecular flexibility index (Phi) is 5.86. The Balaban J connectivity index is 1.56. The van der Waals surface area contributed by atoms with E-state index in [-0.39, 0.29) is 4.90 Å². The van der Waals surface area contributed by atoms with Crippen LogP contribution in [-0.4, -0.2) is 32.5 Å². The average molecular weight is 453 g/mol. The number of carbonyl (C=O) groups is 1. The average Bonchev–Trinajstić information content (AvgIpc) is 3.28. The third kappa shape index (κ3) is 4.51. The number of nitrogens with one attached hydrogen (secondary N) is 1. The van der Waals surface area contributed by atoms with Crippen LogP contribution in [0.1, 0.15) is 6.92 Å². The lowest BCUT2D eigenvalue weighted by Crippen LogP contribution is -2.39. The van der Waals surface area contributed by atoms with Crippen LogP contribution in [0.2, 0.25) is 0 Å². The van der Waals surface area contributed by atoms with Gasteiger partial charge in [-0.2, -0.15) is 4.72 Å². The number of fused-ring (bicyclic) bond motifs is 1. The Bertz CT molecular complexity index is 1350. The fourth-order valence-corrected chi connectivity index (χ4v) is 5.21. The lowest BCUT2D eigenvalue weighted by Gasteiger charge is -2.12. The number of aromatic nitrogens is 1. The number of hydrogen-bond acceptors (Lipinski definition) is 6. The molecule has 158 valence electrons. The molecule has 0 aliphatic carbocycles. The summed E-state index contributed by atoms with van der Waals surface area (Å²) in [5.74, 6) is -0.649. The van der Waals surface area contributed by atoms with Crippen LogP contribution >= 0.6 is 11.3 Å². The van der Waals surface area contributed by atoms with Crippen LogP contribution in [0.5, 0.6) is 0 Å². The topological polar surface area (TPSA) is 85.4 Å². The van der Waals surface area contributed by atoms with Crippen molar-refractivity contribution in [3.05, 3.63) is 72.1 Å².